The fourth-order valence-electron chi connectivity index (χ4n) is 5.63. The molecule has 2 spiro atoms. The van der Waals surface area contributed by atoms with Crippen molar-refractivity contribution in [3.8, 4) is 0 Å². The Kier molecular flexibility index (Phi) is 4.61. The van der Waals surface area contributed by atoms with E-state index >= 15 is 0 Å². The SMILES string of the molecule is CC[N+](C)(C)C1CC2(CCCCC2)N(O)C2(CCCCC2)C1. The predicted molar refractivity (Wildman–Crippen MR) is 90.9 cm³/mol. The van der Waals surface area contributed by atoms with Gasteiger partial charge in [-0.1, -0.05) is 38.5 Å². The molecule has 2 aliphatic carbocycles. The maximum absolute atomic E-state index is 11.3. The van der Waals surface area contributed by atoms with E-state index in [0.29, 0.717) is 6.04 Å². The van der Waals surface area contributed by atoms with Gasteiger partial charge >= 0.3 is 0 Å². The first-order chi connectivity index (χ1) is 10.4. The van der Waals surface area contributed by atoms with Gasteiger partial charge in [-0.15, -0.1) is 0 Å². The summed E-state index contributed by atoms with van der Waals surface area (Å²) in [6.07, 6.45) is 15.2. The zero-order valence-corrected chi connectivity index (χ0v) is 15.1. The first-order valence-corrected chi connectivity index (χ1v) is 9.76. The molecule has 0 aromatic rings. The third-order valence-corrected chi connectivity index (χ3v) is 7.50. The number of rotatable bonds is 2. The first-order valence-electron chi connectivity index (χ1n) is 9.76. The molecule has 1 N–H and O–H groups in total. The summed E-state index contributed by atoms with van der Waals surface area (Å²) in [6, 6.07) is 0.713. The van der Waals surface area contributed by atoms with Gasteiger partial charge < -0.3 is 9.69 Å². The van der Waals surface area contributed by atoms with Gasteiger partial charge in [-0.2, -0.15) is 5.06 Å². The van der Waals surface area contributed by atoms with Gasteiger partial charge in [0.2, 0.25) is 0 Å². The summed E-state index contributed by atoms with van der Waals surface area (Å²) in [5.74, 6) is 0. The van der Waals surface area contributed by atoms with E-state index in [1.165, 1.54) is 83.6 Å². The van der Waals surface area contributed by atoms with Crippen molar-refractivity contribution in [1.82, 2.24) is 5.06 Å². The molecule has 3 fully saturated rings. The van der Waals surface area contributed by atoms with Gasteiger partial charge in [-0.05, 0) is 32.6 Å². The molecule has 3 aliphatic rings. The van der Waals surface area contributed by atoms with Crippen LogP contribution < -0.4 is 0 Å². The topological polar surface area (TPSA) is 23.5 Å². The average Bonchev–Trinajstić information content (AvgIpc) is 2.54. The molecule has 0 radical (unpaired) electrons. The maximum atomic E-state index is 11.3. The average molecular weight is 310 g/mol. The van der Waals surface area contributed by atoms with Crippen LogP contribution in [-0.4, -0.2) is 52.5 Å². The smallest absolute Gasteiger partial charge is 0.0923 e. The number of quaternary nitrogens is 1. The Hall–Kier alpha value is -0.120. The summed E-state index contributed by atoms with van der Waals surface area (Å²) < 4.78 is 1.12. The van der Waals surface area contributed by atoms with Crippen LogP contribution in [-0.2, 0) is 0 Å². The van der Waals surface area contributed by atoms with Crippen molar-refractivity contribution >= 4 is 0 Å². The van der Waals surface area contributed by atoms with Crippen LogP contribution >= 0.6 is 0 Å². The third kappa shape index (κ3) is 2.74. The largest absolute Gasteiger partial charge is 0.326 e. The predicted octanol–water partition coefficient (Wildman–Crippen LogP) is 4.34. The molecule has 0 aromatic carbocycles. The van der Waals surface area contributed by atoms with Gasteiger partial charge in [0, 0.05) is 12.8 Å². The first kappa shape index (κ1) is 16.7. The highest BCUT2D eigenvalue weighted by Gasteiger charge is 2.57. The number of hydrogen-bond donors (Lipinski definition) is 1. The highest BCUT2D eigenvalue weighted by atomic mass is 16.5. The second-order valence-corrected chi connectivity index (χ2v) is 9.04. The highest BCUT2D eigenvalue weighted by molar-refractivity contribution is 5.06. The summed E-state index contributed by atoms with van der Waals surface area (Å²) in [6.45, 7) is 3.52. The minimum Gasteiger partial charge on any atom is -0.326 e. The summed E-state index contributed by atoms with van der Waals surface area (Å²) in [7, 11) is 4.81. The normalized spacial score (nSPS) is 32.5. The molecule has 3 nitrogen and oxygen atoms in total. The molecule has 3 rings (SSSR count). The van der Waals surface area contributed by atoms with Gasteiger partial charge in [0.15, 0.2) is 0 Å². The monoisotopic (exact) mass is 309 g/mol. The number of hydroxylamine groups is 2. The molecule has 22 heavy (non-hydrogen) atoms. The van der Waals surface area contributed by atoms with Crippen LogP contribution in [0, 0.1) is 0 Å². The molecule has 1 heterocycles. The molecular weight excluding hydrogens is 272 g/mol. The zero-order valence-electron chi connectivity index (χ0n) is 15.1. The van der Waals surface area contributed by atoms with Crippen molar-refractivity contribution in [1.29, 1.82) is 0 Å². The molecule has 128 valence electrons. The Balaban J connectivity index is 1.93. The van der Waals surface area contributed by atoms with Crippen LogP contribution in [0.15, 0.2) is 0 Å². The molecule has 0 amide bonds. The van der Waals surface area contributed by atoms with Gasteiger partial charge in [-0.25, -0.2) is 0 Å². The summed E-state index contributed by atoms with van der Waals surface area (Å²) in [4.78, 5) is 0. The lowest BCUT2D eigenvalue weighted by molar-refractivity contribution is -0.917. The second-order valence-electron chi connectivity index (χ2n) is 9.04. The van der Waals surface area contributed by atoms with Crippen LogP contribution in [0.1, 0.15) is 84.0 Å². The Labute approximate surface area is 137 Å². The fourth-order valence-corrected chi connectivity index (χ4v) is 5.63. The maximum Gasteiger partial charge on any atom is 0.0923 e. The Morgan fingerprint density at radius 3 is 1.64 bits per heavy atom. The van der Waals surface area contributed by atoms with Crippen molar-refractivity contribution in [2.24, 2.45) is 0 Å². The number of piperidine rings is 1. The lowest BCUT2D eigenvalue weighted by Gasteiger charge is -2.61. The minimum absolute atomic E-state index is 0.0865. The van der Waals surface area contributed by atoms with Gasteiger partial charge in [0.1, 0.15) is 0 Å². The summed E-state index contributed by atoms with van der Waals surface area (Å²) in [5.41, 5.74) is 0.173. The molecular formula is C19H37N2O+. The van der Waals surface area contributed by atoms with E-state index in [1.54, 1.807) is 0 Å². The lowest BCUT2D eigenvalue weighted by atomic mass is 9.65. The van der Waals surface area contributed by atoms with Crippen molar-refractivity contribution in [2.75, 3.05) is 20.6 Å². The molecule has 3 heteroatoms. The Morgan fingerprint density at radius 1 is 0.864 bits per heavy atom. The van der Waals surface area contributed by atoms with Crippen LogP contribution in [0.25, 0.3) is 0 Å². The van der Waals surface area contributed by atoms with Crippen molar-refractivity contribution in [3.63, 3.8) is 0 Å². The van der Waals surface area contributed by atoms with Gasteiger partial charge in [0.05, 0.1) is 37.8 Å². The highest BCUT2D eigenvalue weighted by Crippen LogP contribution is 2.51. The third-order valence-electron chi connectivity index (χ3n) is 7.50. The summed E-state index contributed by atoms with van der Waals surface area (Å²) >= 11 is 0. The Morgan fingerprint density at radius 2 is 1.27 bits per heavy atom. The van der Waals surface area contributed by atoms with Crippen molar-refractivity contribution < 1.29 is 9.69 Å². The van der Waals surface area contributed by atoms with E-state index in [2.05, 4.69) is 21.0 Å². The Bertz CT molecular complexity index is 353. The van der Waals surface area contributed by atoms with E-state index in [4.69, 9.17) is 0 Å². The molecule has 1 aliphatic heterocycles. The quantitative estimate of drug-likeness (QED) is 0.767. The molecule has 2 saturated carbocycles. The van der Waals surface area contributed by atoms with E-state index in [1.807, 2.05) is 5.06 Å². The van der Waals surface area contributed by atoms with E-state index in [9.17, 15) is 5.21 Å². The number of hydrogen-bond acceptors (Lipinski definition) is 2. The van der Waals surface area contributed by atoms with Crippen molar-refractivity contribution in [2.45, 2.75) is 101 Å². The minimum atomic E-state index is 0.0865. The second kappa shape index (κ2) is 6.07. The molecule has 1 saturated heterocycles. The van der Waals surface area contributed by atoms with E-state index < -0.39 is 0 Å². The van der Waals surface area contributed by atoms with Crippen molar-refractivity contribution in [3.05, 3.63) is 0 Å². The molecule has 0 unspecified atom stereocenters. The number of nitrogens with zero attached hydrogens (tertiary/aromatic N) is 2. The molecule has 0 aromatic heterocycles. The fraction of sp³-hybridized carbons (Fsp3) is 1.00. The molecule has 0 atom stereocenters. The summed E-state index contributed by atoms with van der Waals surface area (Å²) in [5, 5.41) is 13.3. The van der Waals surface area contributed by atoms with Gasteiger partial charge in [0.25, 0.3) is 0 Å². The standard InChI is InChI=1S/C19H37N2O/c1-4-21(2,3)17-15-18(11-7-5-8-12-18)20(22)19(16-17)13-9-6-10-14-19/h17,22H,4-16H2,1-3H3/q+1. The van der Waals surface area contributed by atoms with Crippen LogP contribution in [0.4, 0.5) is 0 Å². The van der Waals surface area contributed by atoms with E-state index in [0.717, 1.165) is 4.48 Å². The van der Waals surface area contributed by atoms with Crippen LogP contribution in [0.5, 0.6) is 0 Å². The van der Waals surface area contributed by atoms with Gasteiger partial charge in [-0.3, -0.25) is 0 Å². The molecule has 0 bridgehead atoms. The zero-order chi connectivity index (χ0) is 15.8. The van der Waals surface area contributed by atoms with E-state index in [-0.39, 0.29) is 11.1 Å². The van der Waals surface area contributed by atoms with Crippen LogP contribution in [0.2, 0.25) is 0 Å². The lowest BCUT2D eigenvalue weighted by Crippen LogP contribution is -2.70. The van der Waals surface area contributed by atoms with Crippen LogP contribution in [0.3, 0.4) is 0 Å².